The molecule has 0 spiro atoms. The molecule has 2 aromatic carbocycles. The number of aliphatic hydroxyl groups excluding tert-OH is 1. The fourth-order valence-corrected chi connectivity index (χ4v) is 1.32. The summed E-state index contributed by atoms with van der Waals surface area (Å²) in [6.45, 7) is 6.05. The van der Waals surface area contributed by atoms with Crippen LogP contribution in [0.5, 0.6) is 5.75 Å². The molecule has 4 heteroatoms. The molecule has 0 amide bonds. The Morgan fingerprint density at radius 3 is 1.55 bits per heavy atom. The lowest BCUT2D eigenvalue weighted by Crippen LogP contribution is -1.80. The van der Waals surface area contributed by atoms with Gasteiger partial charge in [0.15, 0.2) is 0 Å². The SMILES string of the molecule is C=O.CO.COc1ccc(C)cc1.Cc1ccc(C=O)cc1. The van der Waals surface area contributed by atoms with E-state index in [1.165, 1.54) is 11.1 Å². The zero-order chi connectivity index (χ0) is 17.4. The van der Waals surface area contributed by atoms with Gasteiger partial charge < -0.3 is 14.6 Å². The number of aliphatic hydroxyl groups is 1. The predicted octanol–water partition coefficient (Wildman–Crippen LogP) is 3.23. The van der Waals surface area contributed by atoms with Crippen LogP contribution in [0.4, 0.5) is 0 Å². The largest absolute Gasteiger partial charge is 0.497 e. The fourth-order valence-electron chi connectivity index (χ4n) is 1.32. The summed E-state index contributed by atoms with van der Waals surface area (Å²) in [5.74, 6) is 0.917. The molecule has 0 saturated heterocycles. The third-order valence-corrected chi connectivity index (χ3v) is 2.47. The fraction of sp³-hybridized carbons (Fsp3) is 0.222. The van der Waals surface area contributed by atoms with E-state index in [1.807, 2.05) is 62.2 Å². The first-order chi connectivity index (χ1) is 10.7. The van der Waals surface area contributed by atoms with E-state index in [0.29, 0.717) is 0 Å². The van der Waals surface area contributed by atoms with Crippen molar-refractivity contribution in [3.05, 3.63) is 65.2 Å². The second-order valence-electron chi connectivity index (χ2n) is 4.05. The van der Waals surface area contributed by atoms with Crippen LogP contribution in [-0.4, -0.2) is 32.4 Å². The molecule has 0 aliphatic rings. The molecule has 0 aliphatic carbocycles. The van der Waals surface area contributed by atoms with Gasteiger partial charge in [-0.25, -0.2) is 0 Å². The molecule has 0 fully saturated rings. The number of hydrogen-bond donors (Lipinski definition) is 1. The summed E-state index contributed by atoms with van der Waals surface area (Å²) < 4.78 is 4.97. The molecule has 0 aromatic heterocycles. The molecule has 0 aliphatic heterocycles. The Morgan fingerprint density at radius 1 is 0.864 bits per heavy atom. The number of ether oxygens (including phenoxy) is 1. The van der Waals surface area contributed by atoms with Gasteiger partial charge in [0.25, 0.3) is 0 Å². The van der Waals surface area contributed by atoms with Crippen molar-refractivity contribution in [2.75, 3.05) is 14.2 Å². The normalized spacial score (nSPS) is 7.86. The highest BCUT2D eigenvalue weighted by Gasteiger charge is 1.86. The van der Waals surface area contributed by atoms with Crippen molar-refractivity contribution in [2.45, 2.75) is 13.8 Å². The smallest absolute Gasteiger partial charge is 0.150 e. The van der Waals surface area contributed by atoms with Crippen molar-refractivity contribution in [1.29, 1.82) is 0 Å². The maximum atomic E-state index is 10.1. The molecule has 2 rings (SSSR count). The highest BCUT2D eigenvalue weighted by Crippen LogP contribution is 2.09. The molecule has 22 heavy (non-hydrogen) atoms. The summed E-state index contributed by atoms with van der Waals surface area (Å²) >= 11 is 0. The van der Waals surface area contributed by atoms with Crippen LogP contribution in [0.25, 0.3) is 0 Å². The average Bonchev–Trinajstić information content (AvgIpc) is 2.60. The monoisotopic (exact) mass is 304 g/mol. The van der Waals surface area contributed by atoms with Gasteiger partial charge in [0.05, 0.1) is 7.11 Å². The molecule has 120 valence electrons. The molecule has 0 saturated carbocycles. The minimum Gasteiger partial charge on any atom is -0.497 e. The summed E-state index contributed by atoms with van der Waals surface area (Å²) in [7, 11) is 2.67. The Kier molecular flexibility index (Phi) is 14.8. The van der Waals surface area contributed by atoms with Crippen molar-refractivity contribution >= 4 is 13.1 Å². The highest BCUT2D eigenvalue weighted by atomic mass is 16.5. The minimum atomic E-state index is 0.737. The Morgan fingerprint density at radius 2 is 1.23 bits per heavy atom. The quantitative estimate of drug-likeness (QED) is 0.865. The van der Waals surface area contributed by atoms with Crippen LogP contribution < -0.4 is 4.74 Å². The molecule has 1 N–H and O–H groups in total. The molecule has 0 radical (unpaired) electrons. The maximum absolute atomic E-state index is 10.1. The third-order valence-electron chi connectivity index (χ3n) is 2.47. The van der Waals surface area contributed by atoms with Crippen molar-refractivity contribution in [2.24, 2.45) is 0 Å². The number of aldehydes is 1. The van der Waals surface area contributed by atoms with Crippen LogP contribution in [0, 0.1) is 13.8 Å². The van der Waals surface area contributed by atoms with Crippen LogP contribution >= 0.6 is 0 Å². The van der Waals surface area contributed by atoms with Gasteiger partial charge in [-0.15, -0.1) is 0 Å². The predicted molar refractivity (Wildman–Crippen MR) is 89.6 cm³/mol. The zero-order valence-electron chi connectivity index (χ0n) is 13.6. The minimum absolute atomic E-state index is 0.737. The van der Waals surface area contributed by atoms with Gasteiger partial charge in [0.1, 0.15) is 18.8 Å². The lowest BCUT2D eigenvalue weighted by Gasteiger charge is -1.97. The first kappa shape index (κ1) is 21.8. The second-order valence-corrected chi connectivity index (χ2v) is 4.05. The molecule has 4 nitrogen and oxygen atoms in total. The van der Waals surface area contributed by atoms with Crippen LogP contribution in [0.3, 0.4) is 0 Å². The zero-order valence-corrected chi connectivity index (χ0v) is 13.6. The second kappa shape index (κ2) is 14.9. The Bertz CT molecular complexity index is 490. The summed E-state index contributed by atoms with van der Waals surface area (Å²) in [5, 5.41) is 7.00. The molecular formula is C18H24O4. The van der Waals surface area contributed by atoms with E-state index in [1.54, 1.807) is 7.11 Å². The highest BCUT2D eigenvalue weighted by molar-refractivity contribution is 5.74. The first-order valence-electron chi connectivity index (χ1n) is 6.52. The van der Waals surface area contributed by atoms with Crippen LogP contribution in [-0.2, 0) is 4.79 Å². The third kappa shape index (κ3) is 10.3. The van der Waals surface area contributed by atoms with E-state index in [9.17, 15) is 4.79 Å². The van der Waals surface area contributed by atoms with Crippen LogP contribution in [0.1, 0.15) is 21.5 Å². The summed E-state index contributed by atoms with van der Waals surface area (Å²) in [5.41, 5.74) is 3.18. The van der Waals surface area contributed by atoms with E-state index in [-0.39, 0.29) is 0 Å². The molecule has 2 aromatic rings. The average molecular weight is 304 g/mol. The standard InChI is InChI=1S/C8H10O.C8H8O.CH4O.CH2O/c1-7-3-5-8(9-2)6-4-7;1-7-2-4-8(6-9)5-3-7;2*1-2/h3-6H,1-2H3;2-6H,1H3;2H,1H3;1H2. The number of carbonyl (C=O) groups excluding carboxylic acids is 2. The van der Waals surface area contributed by atoms with E-state index >= 15 is 0 Å². The topological polar surface area (TPSA) is 63.6 Å². The molecule has 0 heterocycles. The van der Waals surface area contributed by atoms with E-state index in [2.05, 4.69) is 6.92 Å². The first-order valence-corrected chi connectivity index (χ1v) is 6.52. The van der Waals surface area contributed by atoms with Crippen molar-refractivity contribution < 1.29 is 19.4 Å². The van der Waals surface area contributed by atoms with Crippen LogP contribution in [0.2, 0.25) is 0 Å². The Labute approximate surface area is 132 Å². The number of aryl methyl sites for hydroxylation is 2. The molecule has 0 unspecified atom stereocenters. The lowest BCUT2D eigenvalue weighted by atomic mass is 10.2. The van der Waals surface area contributed by atoms with Gasteiger partial charge in [0, 0.05) is 12.7 Å². The summed E-state index contributed by atoms with van der Waals surface area (Å²) in [6, 6.07) is 15.4. The lowest BCUT2D eigenvalue weighted by molar-refractivity contribution is -0.0980. The number of benzene rings is 2. The van der Waals surface area contributed by atoms with Crippen LogP contribution in [0.15, 0.2) is 48.5 Å². The van der Waals surface area contributed by atoms with E-state index in [0.717, 1.165) is 24.7 Å². The van der Waals surface area contributed by atoms with Gasteiger partial charge >= 0.3 is 0 Å². The molecule has 0 bridgehead atoms. The molecular weight excluding hydrogens is 280 g/mol. The van der Waals surface area contributed by atoms with Gasteiger partial charge in [-0.05, 0) is 26.0 Å². The van der Waals surface area contributed by atoms with Gasteiger partial charge in [-0.2, -0.15) is 0 Å². The van der Waals surface area contributed by atoms with E-state index < -0.39 is 0 Å². The maximum Gasteiger partial charge on any atom is 0.150 e. The number of methoxy groups -OCH3 is 1. The van der Waals surface area contributed by atoms with Gasteiger partial charge in [-0.3, -0.25) is 4.79 Å². The van der Waals surface area contributed by atoms with Gasteiger partial charge in [0.2, 0.25) is 0 Å². The Hall–Kier alpha value is -2.46. The van der Waals surface area contributed by atoms with Gasteiger partial charge in [-0.1, -0.05) is 47.5 Å². The van der Waals surface area contributed by atoms with E-state index in [4.69, 9.17) is 14.6 Å². The molecule has 0 atom stereocenters. The van der Waals surface area contributed by atoms with Crippen molar-refractivity contribution in [3.8, 4) is 5.75 Å². The summed E-state index contributed by atoms with van der Waals surface area (Å²) in [4.78, 5) is 18.1. The number of rotatable bonds is 2. The van der Waals surface area contributed by atoms with Crippen molar-refractivity contribution in [3.63, 3.8) is 0 Å². The number of carbonyl (C=O) groups is 2. The van der Waals surface area contributed by atoms with Crippen molar-refractivity contribution in [1.82, 2.24) is 0 Å². The Balaban J connectivity index is 0. The summed E-state index contributed by atoms with van der Waals surface area (Å²) in [6.07, 6.45) is 0.847. The number of hydrogen-bond acceptors (Lipinski definition) is 4.